The largest absolute Gasteiger partial charge is 0.349 e. The fraction of sp³-hybridized carbons (Fsp3) is 0.562. The number of carbonyl (C=O) groups is 1. The molecular weight excluding hydrogens is 254 g/mol. The molecule has 2 aliphatic rings. The van der Waals surface area contributed by atoms with Gasteiger partial charge in [-0.3, -0.25) is 4.79 Å². The predicted octanol–water partition coefficient (Wildman–Crippen LogP) is 3.72. The van der Waals surface area contributed by atoms with Crippen molar-refractivity contribution in [1.29, 1.82) is 0 Å². The highest BCUT2D eigenvalue weighted by atomic mass is 32.2. The van der Waals surface area contributed by atoms with Crippen LogP contribution >= 0.6 is 11.8 Å². The third-order valence-corrected chi connectivity index (χ3v) is 5.44. The van der Waals surface area contributed by atoms with E-state index in [0.717, 1.165) is 28.0 Å². The number of rotatable bonds is 4. The Bertz CT molecular complexity index is 474. The van der Waals surface area contributed by atoms with Gasteiger partial charge in [-0.05, 0) is 49.0 Å². The van der Waals surface area contributed by atoms with Crippen LogP contribution in [0.3, 0.4) is 0 Å². The van der Waals surface area contributed by atoms with Crippen molar-refractivity contribution in [3.8, 4) is 0 Å². The molecule has 1 aromatic rings. The van der Waals surface area contributed by atoms with E-state index in [-0.39, 0.29) is 5.91 Å². The second-order valence-corrected chi connectivity index (χ2v) is 6.99. The number of hydrogen-bond donors (Lipinski definition) is 1. The van der Waals surface area contributed by atoms with Crippen molar-refractivity contribution in [2.24, 2.45) is 11.8 Å². The molecule has 0 heterocycles. The zero-order valence-electron chi connectivity index (χ0n) is 11.4. The lowest BCUT2D eigenvalue weighted by atomic mass is 9.95. The van der Waals surface area contributed by atoms with Crippen molar-refractivity contribution in [2.45, 2.75) is 43.5 Å². The number of carbonyl (C=O) groups excluding carboxylic acids is 1. The van der Waals surface area contributed by atoms with Gasteiger partial charge < -0.3 is 5.32 Å². The fourth-order valence-electron chi connectivity index (χ4n) is 3.60. The van der Waals surface area contributed by atoms with Crippen LogP contribution in [0.2, 0.25) is 0 Å². The van der Waals surface area contributed by atoms with Gasteiger partial charge in [-0.2, -0.15) is 0 Å². The highest BCUT2D eigenvalue weighted by Crippen LogP contribution is 2.44. The molecule has 19 heavy (non-hydrogen) atoms. The van der Waals surface area contributed by atoms with Gasteiger partial charge in [0, 0.05) is 10.9 Å². The van der Waals surface area contributed by atoms with Crippen LogP contribution in [0, 0.1) is 11.8 Å². The van der Waals surface area contributed by atoms with E-state index in [0.29, 0.717) is 6.04 Å². The van der Waals surface area contributed by atoms with E-state index >= 15 is 0 Å². The second-order valence-electron chi connectivity index (χ2n) is 5.68. The Morgan fingerprint density at radius 2 is 2.16 bits per heavy atom. The van der Waals surface area contributed by atoms with Crippen LogP contribution < -0.4 is 5.32 Å². The van der Waals surface area contributed by atoms with Gasteiger partial charge in [0.1, 0.15) is 0 Å². The molecule has 102 valence electrons. The Morgan fingerprint density at radius 3 is 2.84 bits per heavy atom. The monoisotopic (exact) mass is 275 g/mol. The maximum Gasteiger partial charge on any atom is 0.252 e. The molecule has 3 rings (SSSR count). The summed E-state index contributed by atoms with van der Waals surface area (Å²) < 4.78 is 0. The van der Waals surface area contributed by atoms with E-state index in [1.54, 1.807) is 11.8 Å². The quantitative estimate of drug-likeness (QED) is 0.849. The number of thioether (sulfide) groups is 1. The minimum Gasteiger partial charge on any atom is -0.349 e. The summed E-state index contributed by atoms with van der Waals surface area (Å²) in [6.07, 6.45) is 5.20. The van der Waals surface area contributed by atoms with E-state index in [1.807, 2.05) is 24.3 Å². The zero-order chi connectivity index (χ0) is 13.2. The SMILES string of the molecule is CCSc1ccccc1C(=O)N[C@@H]1C[C@H]2CC[C@H]1C2. The first kappa shape index (κ1) is 13.0. The van der Waals surface area contributed by atoms with E-state index < -0.39 is 0 Å². The lowest BCUT2D eigenvalue weighted by molar-refractivity contribution is 0.0920. The summed E-state index contributed by atoms with van der Waals surface area (Å²) in [5, 5.41) is 3.27. The van der Waals surface area contributed by atoms with Crippen LogP contribution in [-0.2, 0) is 0 Å². The summed E-state index contributed by atoms with van der Waals surface area (Å²) in [6.45, 7) is 2.12. The van der Waals surface area contributed by atoms with Gasteiger partial charge in [0.2, 0.25) is 0 Å². The lowest BCUT2D eigenvalue weighted by Crippen LogP contribution is -2.38. The number of nitrogens with one attached hydrogen (secondary N) is 1. The molecule has 0 unspecified atom stereocenters. The van der Waals surface area contributed by atoms with E-state index in [2.05, 4.69) is 12.2 Å². The molecule has 3 heteroatoms. The maximum absolute atomic E-state index is 12.4. The molecule has 0 spiro atoms. The van der Waals surface area contributed by atoms with Crippen molar-refractivity contribution in [2.75, 3.05) is 5.75 Å². The van der Waals surface area contributed by atoms with Gasteiger partial charge in [-0.15, -0.1) is 11.8 Å². The average molecular weight is 275 g/mol. The number of benzene rings is 1. The van der Waals surface area contributed by atoms with Crippen molar-refractivity contribution < 1.29 is 4.79 Å². The van der Waals surface area contributed by atoms with Gasteiger partial charge >= 0.3 is 0 Å². The molecule has 1 amide bonds. The highest BCUT2D eigenvalue weighted by molar-refractivity contribution is 7.99. The summed E-state index contributed by atoms with van der Waals surface area (Å²) in [5.41, 5.74) is 0.845. The molecule has 0 radical (unpaired) electrons. The highest BCUT2D eigenvalue weighted by Gasteiger charge is 2.40. The van der Waals surface area contributed by atoms with Crippen LogP contribution in [0.15, 0.2) is 29.2 Å². The van der Waals surface area contributed by atoms with Gasteiger partial charge in [-0.1, -0.05) is 25.5 Å². The molecule has 2 saturated carbocycles. The van der Waals surface area contributed by atoms with Gasteiger partial charge in [-0.25, -0.2) is 0 Å². The van der Waals surface area contributed by atoms with E-state index in [1.165, 1.54) is 25.7 Å². The van der Waals surface area contributed by atoms with Crippen molar-refractivity contribution in [1.82, 2.24) is 5.32 Å². The van der Waals surface area contributed by atoms with Gasteiger partial charge in [0.25, 0.3) is 5.91 Å². The Kier molecular flexibility index (Phi) is 3.83. The third-order valence-electron chi connectivity index (χ3n) is 4.49. The number of amides is 1. The molecule has 0 saturated heterocycles. The number of fused-ring (bicyclic) bond motifs is 2. The first-order valence-corrected chi connectivity index (χ1v) is 8.29. The molecule has 3 atom stereocenters. The van der Waals surface area contributed by atoms with E-state index in [4.69, 9.17) is 0 Å². The van der Waals surface area contributed by atoms with Crippen LogP contribution in [0.1, 0.15) is 43.0 Å². The van der Waals surface area contributed by atoms with Crippen molar-refractivity contribution in [3.05, 3.63) is 29.8 Å². The first-order valence-electron chi connectivity index (χ1n) is 7.30. The summed E-state index contributed by atoms with van der Waals surface area (Å²) >= 11 is 1.74. The average Bonchev–Trinajstić information content (AvgIpc) is 3.02. The second kappa shape index (κ2) is 5.58. The Balaban J connectivity index is 1.70. The Hall–Kier alpha value is -0.960. The molecule has 1 N–H and O–H groups in total. The van der Waals surface area contributed by atoms with E-state index in [9.17, 15) is 4.79 Å². The summed E-state index contributed by atoms with van der Waals surface area (Å²) in [4.78, 5) is 13.6. The first-order chi connectivity index (χ1) is 9.28. The molecule has 2 fully saturated rings. The zero-order valence-corrected chi connectivity index (χ0v) is 12.2. The fourth-order valence-corrected chi connectivity index (χ4v) is 4.41. The molecule has 0 aliphatic heterocycles. The summed E-state index contributed by atoms with van der Waals surface area (Å²) in [5.74, 6) is 2.72. The molecule has 1 aromatic carbocycles. The molecule has 2 aliphatic carbocycles. The third kappa shape index (κ3) is 2.66. The standard InChI is InChI=1S/C16H21NOS/c1-2-19-15-6-4-3-5-13(15)16(18)17-14-10-11-7-8-12(14)9-11/h3-6,11-12,14H,2,7-10H2,1H3,(H,17,18)/t11-,12-,14+/m0/s1. The van der Waals surface area contributed by atoms with Crippen LogP contribution in [-0.4, -0.2) is 17.7 Å². The molecule has 2 nitrogen and oxygen atoms in total. The summed E-state index contributed by atoms with van der Waals surface area (Å²) in [7, 11) is 0. The van der Waals surface area contributed by atoms with Crippen molar-refractivity contribution in [3.63, 3.8) is 0 Å². The number of hydrogen-bond acceptors (Lipinski definition) is 2. The lowest BCUT2D eigenvalue weighted by Gasteiger charge is -2.23. The van der Waals surface area contributed by atoms with Crippen LogP contribution in [0.25, 0.3) is 0 Å². The van der Waals surface area contributed by atoms with Crippen molar-refractivity contribution >= 4 is 17.7 Å². The van der Waals surface area contributed by atoms with Crippen LogP contribution in [0.5, 0.6) is 0 Å². The minimum absolute atomic E-state index is 0.120. The van der Waals surface area contributed by atoms with Gasteiger partial charge in [0.05, 0.1) is 5.56 Å². The minimum atomic E-state index is 0.120. The normalized spacial score (nSPS) is 28.6. The van der Waals surface area contributed by atoms with Gasteiger partial charge in [0.15, 0.2) is 0 Å². The molecular formula is C16H21NOS. The maximum atomic E-state index is 12.4. The summed E-state index contributed by atoms with van der Waals surface area (Å²) in [6, 6.07) is 8.37. The molecule has 2 bridgehead atoms. The smallest absolute Gasteiger partial charge is 0.252 e. The van der Waals surface area contributed by atoms with Crippen LogP contribution in [0.4, 0.5) is 0 Å². The predicted molar refractivity (Wildman–Crippen MR) is 79.5 cm³/mol. The Labute approximate surface area is 119 Å². The Morgan fingerprint density at radius 1 is 1.32 bits per heavy atom. The topological polar surface area (TPSA) is 29.1 Å². The molecule has 0 aromatic heterocycles.